The number of carbonyl (C=O) groups excluding carboxylic acids is 1. The molecule has 0 radical (unpaired) electrons. The van der Waals surface area contributed by atoms with E-state index in [0.717, 1.165) is 27.5 Å². The van der Waals surface area contributed by atoms with Gasteiger partial charge in [-0.2, -0.15) is 5.10 Å². The molecule has 1 heterocycles. The van der Waals surface area contributed by atoms with Crippen molar-refractivity contribution in [3.63, 3.8) is 0 Å². The highest BCUT2D eigenvalue weighted by molar-refractivity contribution is 8.00. The maximum absolute atomic E-state index is 12.0. The van der Waals surface area contributed by atoms with Gasteiger partial charge in [-0.05, 0) is 58.0 Å². The van der Waals surface area contributed by atoms with E-state index in [2.05, 4.69) is 66.2 Å². The Bertz CT molecular complexity index is 986. The SMILES string of the molecule is Cc1ccc(SCC(=O)N/N=C\c2cc(C)n(-c3ccc(C)cc3)c2C)cc1. The minimum Gasteiger partial charge on any atom is -0.318 e. The molecule has 1 N–H and O–H groups in total. The molecule has 0 aliphatic heterocycles. The molecule has 0 bridgehead atoms. The molecule has 0 unspecified atom stereocenters. The maximum Gasteiger partial charge on any atom is 0.250 e. The molecule has 3 rings (SSSR count). The summed E-state index contributed by atoms with van der Waals surface area (Å²) in [7, 11) is 0. The lowest BCUT2D eigenvalue weighted by molar-refractivity contribution is -0.118. The fraction of sp³-hybridized carbons (Fsp3) is 0.217. The Labute approximate surface area is 170 Å². The van der Waals surface area contributed by atoms with Crippen molar-refractivity contribution >= 4 is 23.9 Å². The van der Waals surface area contributed by atoms with E-state index in [0.29, 0.717) is 5.75 Å². The van der Waals surface area contributed by atoms with Gasteiger partial charge in [-0.3, -0.25) is 4.79 Å². The summed E-state index contributed by atoms with van der Waals surface area (Å²) in [6.07, 6.45) is 1.71. The molecule has 0 atom stereocenters. The zero-order valence-electron chi connectivity index (χ0n) is 16.7. The van der Waals surface area contributed by atoms with Crippen LogP contribution >= 0.6 is 11.8 Å². The van der Waals surface area contributed by atoms with Gasteiger partial charge in [0.1, 0.15) is 0 Å². The van der Waals surface area contributed by atoms with Crippen molar-refractivity contribution in [3.05, 3.63) is 82.7 Å². The average molecular weight is 392 g/mol. The molecule has 0 aliphatic carbocycles. The number of aryl methyl sites for hydroxylation is 3. The van der Waals surface area contributed by atoms with Gasteiger partial charge in [0.2, 0.25) is 5.91 Å². The van der Waals surface area contributed by atoms with Gasteiger partial charge in [0.25, 0.3) is 0 Å². The molecule has 3 aromatic rings. The van der Waals surface area contributed by atoms with Gasteiger partial charge in [-0.15, -0.1) is 11.8 Å². The van der Waals surface area contributed by atoms with Gasteiger partial charge in [0, 0.05) is 27.5 Å². The third-order valence-electron chi connectivity index (χ3n) is 4.55. The number of nitrogens with zero attached hydrogens (tertiary/aromatic N) is 2. The van der Waals surface area contributed by atoms with Crippen LogP contribution in [0.2, 0.25) is 0 Å². The van der Waals surface area contributed by atoms with Crippen LogP contribution in [0, 0.1) is 27.7 Å². The highest BCUT2D eigenvalue weighted by atomic mass is 32.2. The first kappa shape index (κ1) is 20.0. The molecule has 0 aliphatic rings. The number of hydrogen-bond acceptors (Lipinski definition) is 3. The lowest BCUT2D eigenvalue weighted by Gasteiger charge is -2.09. The summed E-state index contributed by atoms with van der Waals surface area (Å²) in [5, 5.41) is 4.14. The number of hydrogen-bond donors (Lipinski definition) is 1. The van der Waals surface area contributed by atoms with E-state index in [1.165, 1.54) is 22.9 Å². The molecule has 28 heavy (non-hydrogen) atoms. The van der Waals surface area contributed by atoms with Crippen molar-refractivity contribution in [2.75, 3.05) is 5.75 Å². The van der Waals surface area contributed by atoms with Gasteiger partial charge in [-0.1, -0.05) is 35.4 Å². The second-order valence-corrected chi connectivity index (χ2v) is 7.94. The third kappa shape index (κ3) is 4.93. The fourth-order valence-corrected chi connectivity index (χ4v) is 3.69. The van der Waals surface area contributed by atoms with Gasteiger partial charge in [-0.25, -0.2) is 5.43 Å². The predicted octanol–water partition coefficient (Wildman–Crippen LogP) is 4.95. The molecule has 0 fully saturated rings. The Morgan fingerprint density at radius 2 is 1.61 bits per heavy atom. The van der Waals surface area contributed by atoms with E-state index in [-0.39, 0.29) is 5.91 Å². The van der Waals surface area contributed by atoms with Crippen LogP contribution in [0.3, 0.4) is 0 Å². The van der Waals surface area contributed by atoms with Gasteiger partial charge >= 0.3 is 0 Å². The molecular weight excluding hydrogens is 366 g/mol. The largest absolute Gasteiger partial charge is 0.318 e. The lowest BCUT2D eigenvalue weighted by atomic mass is 10.2. The van der Waals surface area contributed by atoms with E-state index < -0.39 is 0 Å². The van der Waals surface area contributed by atoms with Crippen LogP contribution in [0.15, 0.2) is 64.6 Å². The van der Waals surface area contributed by atoms with Crippen molar-refractivity contribution in [3.8, 4) is 5.69 Å². The predicted molar refractivity (Wildman–Crippen MR) is 118 cm³/mol. The normalized spacial score (nSPS) is 11.1. The molecule has 1 amide bonds. The summed E-state index contributed by atoms with van der Waals surface area (Å²) >= 11 is 1.50. The quantitative estimate of drug-likeness (QED) is 0.367. The van der Waals surface area contributed by atoms with Crippen LogP contribution in [0.1, 0.15) is 28.1 Å². The fourth-order valence-electron chi connectivity index (χ4n) is 3.00. The Morgan fingerprint density at radius 3 is 2.25 bits per heavy atom. The second-order valence-electron chi connectivity index (χ2n) is 6.89. The Balaban J connectivity index is 1.61. The molecule has 5 heteroatoms. The smallest absolute Gasteiger partial charge is 0.250 e. The van der Waals surface area contributed by atoms with Crippen LogP contribution in [-0.2, 0) is 4.79 Å². The first-order valence-electron chi connectivity index (χ1n) is 9.21. The standard InChI is InChI=1S/C23H25N3OS/c1-16-5-9-21(10-6-16)26-18(3)13-20(19(26)4)14-24-25-23(27)15-28-22-11-7-17(2)8-12-22/h5-14H,15H2,1-4H3,(H,25,27)/b24-14-. The number of aromatic nitrogens is 1. The Kier molecular flexibility index (Phi) is 6.37. The van der Waals surface area contributed by atoms with Crippen LogP contribution in [-0.4, -0.2) is 22.4 Å². The number of amides is 1. The average Bonchev–Trinajstić information content (AvgIpc) is 2.96. The van der Waals surface area contributed by atoms with Crippen molar-refractivity contribution in [1.82, 2.24) is 9.99 Å². The summed E-state index contributed by atoms with van der Waals surface area (Å²) in [6, 6.07) is 18.6. The molecular formula is C23H25N3OS. The lowest BCUT2D eigenvalue weighted by Crippen LogP contribution is -2.19. The molecule has 0 spiro atoms. The maximum atomic E-state index is 12.0. The summed E-state index contributed by atoms with van der Waals surface area (Å²) in [5.74, 6) is 0.220. The number of nitrogens with one attached hydrogen (secondary N) is 1. The van der Waals surface area contributed by atoms with Crippen molar-refractivity contribution in [1.29, 1.82) is 0 Å². The molecule has 144 valence electrons. The van der Waals surface area contributed by atoms with E-state index in [4.69, 9.17) is 0 Å². The highest BCUT2D eigenvalue weighted by Gasteiger charge is 2.09. The zero-order valence-corrected chi connectivity index (χ0v) is 17.5. The monoisotopic (exact) mass is 391 g/mol. The van der Waals surface area contributed by atoms with Crippen LogP contribution < -0.4 is 5.43 Å². The minimum absolute atomic E-state index is 0.117. The molecule has 0 saturated carbocycles. The Hall–Kier alpha value is -2.79. The van der Waals surface area contributed by atoms with Crippen molar-refractivity contribution < 1.29 is 4.79 Å². The molecule has 1 aromatic heterocycles. The van der Waals surface area contributed by atoms with Crippen molar-refractivity contribution in [2.45, 2.75) is 32.6 Å². The molecule has 0 saturated heterocycles. The van der Waals surface area contributed by atoms with Crippen LogP contribution in [0.4, 0.5) is 0 Å². The van der Waals surface area contributed by atoms with Crippen LogP contribution in [0.5, 0.6) is 0 Å². The number of hydrazone groups is 1. The van der Waals surface area contributed by atoms with Gasteiger partial charge in [0.15, 0.2) is 0 Å². The zero-order chi connectivity index (χ0) is 20.1. The molecule has 2 aromatic carbocycles. The minimum atomic E-state index is -0.117. The number of benzene rings is 2. The first-order valence-corrected chi connectivity index (χ1v) is 10.2. The number of thioether (sulfide) groups is 1. The van der Waals surface area contributed by atoms with Gasteiger partial charge in [0.05, 0.1) is 12.0 Å². The summed E-state index contributed by atoms with van der Waals surface area (Å²) in [6.45, 7) is 8.26. The van der Waals surface area contributed by atoms with E-state index in [1.807, 2.05) is 31.2 Å². The number of carbonyl (C=O) groups is 1. The summed E-state index contributed by atoms with van der Waals surface area (Å²) in [4.78, 5) is 13.1. The van der Waals surface area contributed by atoms with E-state index >= 15 is 0 Å². The number of rotatable bonds is 6. The third-order valence-corrected chi connectivity index (χ3v) is 5.56. The topological polar surface area (TPSA) is 46.4 Å². The van der Waals surface area contributed by atoms with Crippen LogP contribution in [0.25, 0.3) is 5.69 Å². The highest BCUT2D eigenvalue weighted by Crippen LogP contribution is 2.20. The van der Waals surface area contributed by atoms with E-state index in [9.17, 15) is 4.79 Å². The van der Waals surface area contributed by atoms with Gasteiger partial charge < -0.3 is 4.57 Å². The molecule has 4 nitrogen and oxygen atoms in total. The Morgan fingerprint density at radius 1 is 1.00 bits per heavy atom. The summed E-state index contributed by atoms with van der Waals surface area (Å²) in [5.41, 5.74) is 9.40. The summed E-state index contributed by atoms with van der Waals surface area (Å²) < 4.78 is 2.19. The van der Waals surface area contributed by atoms with E-state index in [1.54, 1.807) is 6.21 Å². The second kappa shape index (κ2) is 8.93. The van der Waals surface area contributed by atoms with Crippen molar-refractivity contribution in [2.24, 2.45) is 5.10 Å². The first-order chi connectivity index (χ1) is 13.4.